The van der Waals surface area contributed by atoms with Crippen molar-refractivity contribution >= 4 is 23.3 Å². The number of nitrogens with zero attached hydrogens (tertiary/aromatic N) is 4. The third kappa shape index (κ3) is 2.51. The summed E-state index contributed by atoms with van der Waals surface area (Å²) in [5, 5.41) is 4.15. The van der Waals surface area contributed by atoms with Crippen LogP contribution in [0.2, 0.25) is 0 Å². The highest BCUT2D eigenvalue weighted by atomic mass is 16.5. The Morgan fingerprint density at radius 2 is 2.33 bits per heavy atom. The van der Waals surface area contributed by atoms with Crippen LogP contribution in [0.5, 0.6) is 0 Å². The summed E-state index contributed by atoms with van der Waals surface area (Å²) in [6.07, 6.45) is 3.77. The molecule has 21 heavy (non-hydrogen) atoms. The highest BCUT2D eigenvalue weighted by molar-refractivity contribution is 5.73. The van der Waals surface area contributed by atoms with Crippen molar-refractivity contribution in [2.75, 3.05) is 30.8 Å². The van der Waals surface area contributed by atoms with Crippen molar-refractivity contribution in [2.24, 2.45) is 5.92 Å². The van der Waals surface area contributed by atoms with Crippen LogP contribution in [-0.4, -0.2) is 40.8 Å². The Kier molecular flexibility index (Phi) is 3.40. The minimum Gasteiger partial charge on any atom is -0.469 e. The molecule has 1 saturated heterocycles. The number of hydrogen-bond donors (Lipinski definition) is 1. The van der Waals surface area contributed by atoms with Gasteiger partial charge in [-0.1, -0.05) is 0 Å². The van der Waals surface area contributed by atoms with Gasteiger partial charge in [0.2, 0.25) is 5.95 Å². The van der Waals surface area contributed by atoms with Crippen molar-refractivity contribution in [1.82, 2.24) is 14.6 Å². The summed E-state index contributed by atoms with van der Waals surface area (Å²) in [4.78, 5) is 18.1. The number of pyridine rings is 1. The average Bonchev–Trinajstić information content (AvgIpc) is 2.84. The van der Waals surface area contributed by atoms with E-state index in [0.29, 0.717) is 6.54 Å². The molecule has 0 radical (unpaired) electrons. The van der Waals surface area contributed by atoms with Crippen molar-refractivity contribution in [2.45, 2.75) is 19.8 Å². The van der Waals surface area contributed by atoms with E-state index in [1.54, 1.807) is 4.52 Å². The van der Waals surface area contributed by atoms with Crippen molar-refractivity contribution < 1.29 is 9.53 Å². The quantitative estimate of drug-likeness (QED) is 0.830. The number of rotatable bonds is 2. The smallest absolute Gasteiger partial charge is 0.310 e. The molecule has 0 saturated carbocycles. The second-order valence-corrected chi connectivity index (χ2v) is 5.42. The lowest BCUT2D eigenvalue weighted by Gasteiger charge is -2.33. The third-order valence-electron chi connectivity index (χ3n) is 3.96. The largest absolute Gasteiger partial charge is 0.469 e. The Labute approximate surface area is 122 Å². The molecule has 0 spiro atoms. The Balaban J connectivity index is 1.91. The number of piperidine rings is 1. The molecule has 1 unspecified atom stereocenters. The first-order valence-corrected chi connectivity index (χ1v) is 7.04. The van der Waals surface area contributed by atoms with Crippen LogP contribution < -0.4 is 10.6 Å². The van der Waals surface area contributed by atoms with Crippen LogP contribution in [0.15, 0.2) is 12.3 Å². The maximum Gasteiger partial charge on any atom is 0.310 e. The molecule has 1 fully saturated rings. The van der Waals surface area contributed by atoms with Crippen molar-refractivity contribution in [3.8, 4) is 0 Å². The normalized spacial score (nSPS) is 19.0. The van der Waals surface area contributed by atoms with E-state index in [-0.39, 0.29) is 17.8 Å². The van der Waals surface area contributed by atoms with Gasteiger partial charge >= 0.3 is 5.97 Å². The standard InChI is InChI=1S/C14H19N5O2/c1-9-6-12-16-14(15)17-19(12)8-11(9)18-5-3-4-10(7-18)13(20)21-2/h6,8,10H,3-5,7H2,1-2H3,(H2,15,17). The lowest BCUT2D eigenvalue weighted by molar-refractivity contribution is -0.145. The lowest BCUT2D eigenvalue weighted by atomic mass is 9.97. The molecule has 0 aromatic carbocycles. The molecule has 1 aliphatic heterocycles. The molecule has 2 aromatic heterocycles. The molecule has 112 valence electrons. The molecule has 3 rings (SSSR count). The van der Waals surface area contributed by atoms with E-state index in [1.807, 2.05) is 19.2 Å². The first-order valence-electron chi connectivity index (χ1n) is 7.04. The number of ether oxygens (including phenoxy) is 1. The average molecular weight is 289 g/mol. The Morgan fingerprint density at radius 1 is 1.52 bits per heavy atom. The van der Waals surface area contributed by atoms with E-state index in [1.165, 1.54) is 7.11 Å². The van der Waals surface area contributed by atoms with Gasteiger partial charge in [-0.25, -0.2) is 4.52 Å². The van der Waals surface area contributed by atoms with Gasteiger partial charge < -0.3 is 15.4 Å². The summed E-state index contributed by atoms with van der Waals surface area (Å²) in [7, 11) is 1.44. The number of aryl methyl sites for hydroxylation is 1. The molecule has 1 atom stereocenters. The molecular weight excluding hydrogens is 270 g/mol. The van der Waals surface area contributed by atoms with Crippen LogP contribution in [0.3, 0.4) is 0 Å². The van der Waals surface area contributed by atoms with Gasteiger partial charge in [-0.05, 0) is 31.4 Å². The predicted octanol–water partition coefficient (Wildman–Crippen LogP) is 1.01. The van der Waals surface area contributed by atoms with Crippen LogP contribution in [0.25, 0.3) is 5.65 Å². The first kappa shape index (κ1) is 13.7. The van der Waals surface area contributed by atoms with Gasteiger partial charge in [-0.15, -0.1) is 5.10 Å². The zero-order valence-corrected chi connectivity index (χ0v) is 12.2. The van der Waals surface area contributed by atoms with Gasteiger partial charge in [0.25, 0.3) is 0 Å². The van der Waals surface area contributed by atoms with Gasteiger partial charge in [0.05, 0.1) is 24.9 Å². The molecule has 3 heterocycles. The summed E-state index contributed by atoms with van der Waals surface area (Å²) in [6.45, 7) is 3.62. The fraction of sp³-hybridized carbons (Fsp3) is 0.500. The number of nitrogen functional groups attached to an aromatic ring is 1. The van der Waals surface area contributed by atoms with Crippen LogP contribution >= 0.6 is 0 Å². The number of fused-ring (bicyclic) bond motifs is 1. The molecule has 2 aromatic rings. The van der Waals surface area contributed by atoms with Crippen LogP contribution in [0.4, 0.5) is 11.6 Å². The first-order chi connectivity index (χ1) is 10.1. The minimum absolute atomic E-state index is 0.0698. The molecule has 0 bridgehead atoms. The summed E-state index contributed by atoms with van der Waals surface area (Å²) in [5.74, 6) is 0.0562. The fourth-order valence-electron chi connectivity index (χ4n) is 2.92. The monoisotopic (exact) mass is 289 g/mol. The number of hydrogen-bond acceptors (Lipinski definition) is 6. The topological polar surface area (TPSA) is 85.8 Å². The molecule has 1 aliphatic rings. The number of carbonyl (C=O) groups is 1. The van der Waals surface area contributed by atoms with Gasteiger partial charge in [0.15, 0.2) is 5.65 Å². The van der Waals surface area contributed by atoms with E-state index in [9.17, 15) is 4.79 Å². The van der Waals surface area contributed by atoms with Crippen molar-refractivity contribution in [3.05, 3.63) is 17.8 Å². The molecule has 7 nitrogen and oxygen atoms in total. The number of anilines is 2. The summed E-state index contributed by atoms with van der Waals surface area (Å²) >= 11 is 0. The minimum atomic E-state index is -0.136. The summed E-state index contributed by atoms with van der Waals surface area (Å²) in [5.41, 5.74) is 8.52. The van der Waals surface area contributed by atoms with Crippen LogP contribution in [-0.2, 0) is 9.53 Å². The van der Waals surface area contributed by atoms with Crippen LogP contribution in [0.1, 0.15) is 18.4 Å². The number of aromatic nitrogens is 3. The van der Waals surface area contributed by atoms with Gasteiger partial charge in [-0.2, -0.15) is 4.98 Å². The van der Waals surface area contributed by atoms with Gasteiger partial charge in [0, 0.05) is 13.1 Å². The zero-order chi connectivity index (χ0) is 15.0. The number of methoxy groups -OCH3 is 1. The number of carbonyl (C=O) groups excluding carboxylic acids is 1. The molecule has 0 amide bonds. The van der Waals surface area contributed by atoms with E-state index in [0.717, 1.165) is 36.3 Å². The SMILES string of the molecule is COC(=O)C1CCCN(c2cn3nc(N)nc3cc2C)C1. The van der Waals surface area contributed by atoms with Gasteiger partial charge in [-0.3, -0.25) is 4.79 Å². The predicted molar refractivity (Wildman–Crippen MR) is 79.1 cm³/mol. The maximum absolute atomic E-state index is 11.8. The Morgan fingerprint density at radius 3 is 3.10 bits per heavy atom. The van der Waals surface area contributed by atoms with E-state index in [2.05, 4.69) is 15.0 Å². The van der Waals surface area contributed by atoms with E-state index < -0.39 is 0 Å². The summed E-state index contributed by atoms with van der Waals surface area (Å²) in [6, 6.07) is 1.96. The second kappa shape index (κ2) is 5.23. The van der Waals surface area contributed by atoms with Crippen LogP contribution in [0, 0.1) is 12.8 Å². The molecular formula is C14H19N5O2. The fourth-order valence-corrected chi connectivity index (χ4v) is 2.92. The Hall–Kier alpha value is -2.31. The van der Waals surface area contributed by atoms with Crippen molar-refractivity contribution in [3.63, 3.8) is 0 Å². The zero-order valence-electron chi connectivity index (χ0n) is 12.2. The number of esters is 1. The summed E-state index contributed by atoms with van der Waals surface area (Å²) < 4.78 is 6.55. The second-order valence-electron chi connectivity index (χ2n) is 5.42. The molecule has 0 aliphatic carbocycles. The number of nitrogens with two attached hydrogens (primary N) is 1. The van der Waals surface area contributed by atoms with Crippen molar-refractivity contribution in [1.29, 1.82) is 0 Å². The molecule has 7 heteroatoms. The van der Waals surface area contributed by atoms with E-state index in [4.69, 9.17) is 10.5 Å². The van der Waals surface area contributed by atoms with Gasteiger partial charge in [0.1, 0.15) is 0 Å². The highest BCUT2D eigenvalue weighted by Gasteiger charge is 2.27. The maximum atomic E-state index is 11.8. The third-order valence-corrected chi connectivity index (χ3v) is 3.96. The highest BCUT2D eigenvalue weighted by Crippen LogP contribution is 2.27. The Bertz CT molecular complexity index is 681. The lowest BCUT2D eigenvalue weighted by Crippen LogP contribution is -2.39. The molecule has 2 N–H and O–H groups in total. The van der Waals surface area contributed by atoms with E-state index >= 15 is 0 Å².